The van der Waals surface area contributed by atoms with E-state index in [-0.39, 0.29) is 0 Å². The number of nitrogens with zero attached hydrogens (tertiary/aromatic N) is 2. The molecule has 0 unspecified atom stereocenters. The van der Waals surface area contributed by atoms with Gasteiger partial charge in [-0.25, -0.2) is 0 Å². The lowest BCUT2D eigenvalue weighted by Crippen LogP contribution is -2.05. The summed E-state index contributed by atoms with van der Waals surface area (Å²) in [5.74, 6) is 0. The van der Waals surface area contributed by atoms with E-state index in [4.69, 9.17) is 0 Å². The van der Waals surface area contributed by atoms with Crippen LogP contribution in [0.1, 0.15) is 51.9 Å². The molecule has 0 fully saturated rings. The normalized spacial score (nSPS) is 10.9. The fourth-order valence-corrected chi connectivity index (χ4v) is 1.28. The molecule has 0 aromatic heterocycles. The molecule has 78 valence electrons. The summed E-state index contributed by atoms with van der Waals surface area (Å²) in [6, 6.07) is 0. The number of hydrogen-bond donors (Lipinski definition) is 1. The van der Waals surface area contributed by atoms with Crippen molar-refractivity contribution in [1.29, 1.82) is 0 Å². The SMILES string of the molecule is CCCCCCCCCNN=NC. The predicted molar refractivity (Wildman–Crippen MR) is 56.8 cm³/mol. The Morgan fingerprint density at radius 1 is 0.923 bits per heavy atom. The van der Waals surface area contributed by atoms with Gasteiger partial charge in [0.1, 0.15) is 0 Å². The maximum atomic E-state index is 3.69. The quantitative estimate of drug-likeness (QED) is 0.334. The summed E-state index contributed by atoms with van der Waals surface area (Å²) >= 11 is 0. The molecule has 13 heavy (non-hydrogen) atoms. The van der Waals surface area contributed by atoms with Crippen LogP contribution in [0.3, 0.4) is 0 Å². The first-order chi connectivity index (χ1) is 6.41. The van der Waals surface area contributed by atoms with Gasteiger partial charge in [0, 0.05) is 6.54 Å². The van der Waals surface area contributed by atoms with Gasteiger partial charge in [-0.15, -0.1) is 0 Å². The molecule has 1 N–H and O–H groups in total. The zero-order valence-corrected chi connectivity index (χ0v) is 9.05. The lowest BCUT2D eigenvalue weighted by Gasteiger charge is -2.00. The Hall–Kier alpha value is -0.600. The lowest BCUT2D eigenvalue weighted by atomic mass is 10.1. The van der Waals surface area contributed by atoms with Gasteiger partial charge in [0.05, 0.1) is 7.05 Å². The number of rotatable bonds is 9. The predicted octanol–water partition coefficient (Wildman–Crippen LogP) is 3.32. The number of unbranched alkanes of at least 4 members (excludes halogenated alkanes) is 6. The van der Waals surface area contributed by atoms with Gasteiger partial charge >= 0.3 is 0 Å². The Morgan fingerprint density at radius 2 is 1.54 bits per heavy atom. The van der Waals surface area contributed by atoms with Crippen LogP contribution in [0.5, 0.6) is 0 Å². The van der Waals surface area contributed by atoms with Gasteiger partial charge in [-0.3, -0.25) is 5.43 Å². The third kappa shape index (κ3) is 11.4. The van der Waals surface area contributed by atoms with Crippen LogP contribution >= 0.6 is 0 Å². The molecule has 0 saturated heterocycles. The van der Waals surface area contributed by atoms with Gasteiger partial charge < -0.3 is 0 Å². The van der Waals surface area contributed by atoms with E-state index < -0.39 is 0 Å². The molecule has 0 amide bonds. The minimum absolute atomic E-state index is 0.963. The van der Waals surface area contributed by atoms with Crippen molar-refractivity contribution in [3.63, 3.8) is 0 Å². The van der Waals surface area contributed by atoms with E-state index in [1.54, 1.807) is 7.05 Å². The molecule has 0 rings (SSSR count). The van der Waals surface area contributed by atoms with E-state index in [0.29, 0.717) is 0 Å². The fraction of sp³-hybridized carbons (Fsp3) is 1.00. The van der Waals surface area contributed by atoms with E-state index in [1.807, 2.05) is 0 Å². The zero-order valence-electron chi connectivity index (χ0n) is 9.05. The molecular weight excluding hydrogens is 162 g/mol. The molecule has 0 aliphatic rings. The van der Waals surface area contributed by atoms with Crippen molar-refractivity contribution in [3.05, 3.63) is 0 Å². The van der Waals surface area contributed by atoms with Crippen molar-refractivity contribution < 1.29 is 0 Å². The third-order valence-corrected chi connectivity index (χ3v) is 2.06. The molecule has 3 heteroatoms. The van der Waals surface area contributed by atoms with Crippen molar-refractivity contribution in [1.82, 2.24) is 5.43 Å². The maximum Gasteiger partial charge on any atom is 0.0509 e. The summed E-state index contributed by atoms with van der Waals surface area (Å²) in [7, 11) is 1.68. The summed E-state index contributed by atoms with van der Waals surface area (Å²) in [6.45, 7) is 3.21. The summed E-state index contributed by atoms with van der Waals surface area (Å²) in [6.07, 6.45) is 9.41. The minimum atomic E-state index is 0.963. The van der Waals surface area contributed by atoms with Crippen molar-refractivity contribution in [2.45, 2.75) is 51.9 Å². The molecule has 0 heterocycles. The maximum absolute atomic E-state index is 3.69. The number of nitrogens with one attached hydrogen (secondary N) is 1. The van der Waals surface area contributed by atoms with Crippen LogP contribution in [0.2, 0.25) is 0 Å². The second-order valence-electron chi connectivity index (χ2n) is 3.33. The monoisotopic (exact) mass is 185 g/mol. The minimum Gasteiger partial charge on any atom is -0.292 e. The Kier molecular flexibility index (Phi) is 10.9. The highest BCUT2D eigenvalue weighted by atomic mass is 15.4. The summed E-state index contributed by atoms with van der Waals surface area (Å²) < 4.78 is 0. The molecule has 0 aliphatic heterocycles. The van der Waals surface area contributed by atoms with Crippen molar-refractivity contribution in [3.8, 4) is 0 Å². The third-order valence-electron chi connectivity index (χ3n) is 2.06. The van der Waals surface area contributed by atoms with E-state index >= 15 is 0 Å². The van der Waals surface area contributed by atoms with Gasteiger partial charge in [-0.2, -0.15) is 5.11 Å². The van der Waals surface area contributed by atoms with Gasteiger partial charge in [0.2, 0.25) is 0 Å². The van der Waals surface area contributed by atoms with Crippen LogP contribution in [0.4, 0.5) is 0 Å². The van der Waals surface area contributed by atoms with Crippen LogP contribution in [0.15, 0.2) is 10.3 Å². The van der Waals surface area contributed by atoms with Crippen molar-refractivity contribution in [2.24, 2.45) is 10.3 Å². The van der Waals surface area contributed by atoms with E-state index in [9.17, 15) is 0 Å². The van der Waals surface area contributed by atoms with Gasteiger partial charge in [0.15, 0.2) is 0 Å². The molecule has 0 radical (unpaired) electrons. The molecule has 0 bridgehead atoms. The molecule has 0 aromatic carbocycles. The van der Waals surface area contributed by atoms with E-state index in [0.717, 1.165) is 6.54 Å². The highest BCUT2D eigenvalue weighted by molar-refractivity contribution is 4.46. The second-order valence-corrected chi connectivity index (χ2v) is 3.33. The van der Waals surface area contributed by atoms with Crippen LogP contribution in [0.25, 0.3) is 0 Å². The van der Waals surface area contributed by atoms with Crippen LogP contribution in [0, 0.1) is 0 Å². The zero-order chi connectivity index (χ0) is 9.78. The Bertz CT molecular complexity index is 113. The highest BCUT2D eigenvalue weighted by Crippen LogP contribution is 2.05. The molecule has 0 aromatic rings. The van der Waals surface area contributed by atoms with Gasteiger partial charge in [0.25, 0.3) is 0 Å². The van der Waals surface area contributed by atoms with Crippen molar-refractivity contribution >= 4 is 0 Å². The number of hydrogen-bond acceptors (Lipinski definition) is 2. The molecule has 0 aliphatic carbocycles. The molecule has 0 spiro atoms. The largest absolute Gasteiger partial charge is 0.292 e. The highest BCUT2D eigenvalue weighted by Gasteiger charge is 1.89. The molecule has 3 nitrogen and oxygen atoms in total. The second kappa shape index (κ2) is 11.4. The molecular formula is C10H23N3. The Morgan fingerprint density at radius 3 is 2.15 bits per heavy atom. The van der Waals surface area contributed by atoms with Gasteiger partial charge in [-0.1, -0.05) is 50.7 Å². The van der Waals surface area contributed by atoms with Crippen LogP contribution < -0.4 is 5.43 Å². The summed E-state index contributed by atoms with van der Waals surface area (Å²) in [4.78, 5) is 0. The average molecular weight is 185 g/mol. The van der Waals surface area contributed by atoms with Gasteiger partial charge in [-0.05, 0) is 6.42 Å². The van der Waals surface area contributed by atoms with E-state index in [1.165, 1.54) is 44.9 Å². The van der Waals surface area contributed by atoms with Crippen molar-refractivity contribution in [2.75, 3.05) is 13.6 Å². The summed E-state index contributed by atoms with van der Waals surface area (Å²) in [5, 5.41) is 7.30. The average Bonchev–Trinajstić information content (AvgIpc) is 2.16. The first-order valence-electron chi connectivity index (χ1n) is 5.43. The Balaban J connectivity index is 2.83. The summed E-state index contributed by atoms with van der Waals surface area (Å²) in [5.41, 5.74) is 2.90. The first-order valence-corrected chi connectivity index (χ1v) is 5.43. The Labute approximate surface area is 82.0 Å². The molecule has 0 saturated carbocycles. The topological polar surface area (TPSA) is 36.8 Å². The smallest absolute Gasteiger partial charge is 0.0509 e. The standard InChI is InChI=1S/C10H23N3/c1-3-4-5-6-7-8-9-10-12-13-11-2/h3-10H2,1-2H3,(H,11,12). The van der Waals surface area contributed by atoms with E-state index in [2.05, 4.69) is 22.7 Å². The fourth-order valence-electron chi connectivity index (χ4n) is 1.28. The lowest BCUT2D eigenvalue weighted by molar-refractivity contribution is 0.562. The molecule has 0 atom stereocenters. The van der Waals surface area contributed by atoms with Crippen LogP contribution in [-0.2, 0) is 0 Å². The first kappa shape index (κ1) is 12.4. The van der Waals surface area contributed by atoms with Crippen LogP contribution in [-0.4, -0.2) is 13.6 Å².